The van der Waals surface area contributed by atoms with Crippen LogP contribution in [-0.2, 0) is 22.6 Å². The van der Waals surface area contributed by atoms with Crippen LogP contribution in [0.1, 0.15) is 29.8 Å². The highest BCUT2D eigenvalue weighted by Crippen LogP contribution is 2.41. The lowest BCUT2D eigenvalue weighted by Gasteiger charge is -2.50. The average molecular weight is 359 g/mol. The van der Waals surface area contributed by atoms with E-state index >= 15 is 0 Å². The van der Waals surface area contributed by atoms with E-state index in [0.29, 0.717) is 12.7 Å². The van der Waals surface area contributed by atoms with E-state index in [1.54, 1.807) is 11.3 Å². The number of hydrogen-bond donors (Lipinski definition) is 0. The summed E-state index contributed by atoms with van der Waals surface area (Å²) in [7, 11) is 0. The van der Waals surface area contributed by atoms with Crippen LogP contribution >= 0.6 is 11.3 Å². The summed E-state index contributed by atoms with van der Waals surface area (Å²) in [5.74, 6) is 0. The third-order valence-electron chi connectivity index (χ3n) is 5.32. The fourth-order valence-corrected chi connectivity index (χ4v) is 4.76. The van der Waals surface area contributed by atoms with E-state index in [2.05, 4.69) is 20.2 Å². The second-order valence-corrected chi connectivity index (χ2v) is 8.08. The summed E-state index contributed by atoms with van der Waals surface area (Å²) in [5, 5.41) is 3.25. The molecule has 2 saturated heterocycles. The molecule has 4 heterocycles. The van der Waals surface area contributed by atoms with Gasteiger partial charge in [0.15, 0.2) is 0 Å². The molecular weight excluding hydrogens is 334 g/mol. The first kappa shape index (κ1) is 17.1. The van der Waals surface area contributed by atoms with Crippen LogP contribution in [0, 0.1) is 5.41 Å². The van der Waals surface area contributed by atoms with E-state index in [1.165, 1.54) is 17.0 Å². The number of likely N-dealkylation sites (tertiary alicyclic amines) is 1. The van der Waals surface area contributed by atoms with Gasteiger partial charge in [-0.1, -0.05) is 0 Å². The first-order valence-electron chi connectivity index (χ1n) is 9.03. The van der Waals surface area contributed by atoms with Crippen LogP contribution in [0.4, 0.5) is 0 Å². The summed E-state index contributed by atoms with van der Waals surface area (Å²) in [4.78, 5) is 11.0. The van der Waals surface area contributed by atoms with Crippen molar-refractivity contribution in [3.8, 4) is 0 Å². The Morgan fingerprint density at radius 2 is 2.24 bits per heavy atom. The van der Waals surface area contributed by atoms with Gasteiger partial charge in [0, 0.05) is 49.1 Å². The Kier molecular flexibility index (Phi) is 5.41. The maximum absolute atomic E-state index is 6.16. The Balaban J connectivity index is 1.40. The van der Waals surface area contributed by atoms with Gasteiger partial charge in [-0.3, -0.25) is 9.88 Å². The molecule has 2 aromatic heterocycles. The highest BCUT2D eigenvalue weighted by atomic mass is 32.1. The molecule has 134 valence electrons. The highest BCUT2D eigenvalue weighted by molar-refractivity contribution is 7.09. The maximum atomic E-state index is 6.16. The number of fused-ring (bicyclic) bond motifs is 1. The molecule has 2 aliphatic rings. The predicted octanol–water partition coefficient (Wildman–Crippen LogP) is 3.13. The summed E-state index contributed by atoms with van der Waals surface area (Å²) in [6, 6.07) is 4.03. The van der Waals surface area contributed by atoms with Gasteiger partial charge >= 0.3 is 0 Å². The Morgan fingerprint density at radius 1 is 1.32 bits per heavy atom. The van der Waals surface area contributed by atoms with Gasteiger partial charge in [0.1, 0.15) is 5.01 Å². The van der Waals surface area contributed by atoms with Crippen molar-refractivity contribution in [2.45, 2.75) is 38.5 Å². The Bertz CT molecular complexity index is 652. The summed E-state index contributed by atoms with van der Waals surface area (Å²) in [6.07, 6.45) is 9.25. The minimum Gasteiger partial charge on any atom is -0.377 e. The Hall–Kier alpha value is -1.34. The van der Waals surface area contributed by atoms with E-state index in [9.17, 15) is 0 Å². The van der Waals surface area contributed by atoms with Crippen LogP contribution in [0.25, 0.3) is 0 Å². The molecule has 2 aromatic rings. The van der Waals surface area contributed by atoms with Crippen molar-refractivity contribution < 1.29 is 9.47 Å². The average Bonchev–Trinajstić information content (AvgIpc) is 3.15. The maximum Gasteiger partial charge on any atom is 0.107 e. The molecule has 2 atom stereocenters. The minimum absolute atomic E-state index is 0.112. The molecule has 0 unspecified atom stereocenters. The first-order valence-corrected chi connectivity index (χ1v) is 9.91. The second kappa shape index (κ2) is 7.91. The van der Waals surface area contributed by atoms with Gasteiger partial charge in [-0.2, -0.15) is 0 Å². The standard InChI is InChI=1S/C19H25N3O2S/c1-5-19(15-23-13-16-2-6-20-7-3-16)14-22(9-4-17(19)24-10-1)12-18-21-8-11-25-18/h2-3,6-8,11,17H,1,4-5,9-10,12-15H2/t17-,19+/m0/s1. The first-order chi connectivity index (χ1) is 12.3. The zero-order chi connectivity index (χ0) is 17.0. The van der Waals surface area contributed by atoms with Crippen molar-refractivity contribution in [1.29, 1.82) is 0 Å². The lowest BCUT2D eigenvalue weighted by atomic mass is 9.73. The summed E-state index contributed by atoms with van der Waals surface area (Å²) < 4.78 is 12.3. The van der Waals surface area contributed by atoms with Gasteiger partial charge in [-0.05, 0) is 37.0 Å². The topological polar surface area (TPSA) is 47.5 Å². The number of piperidine rings is 1. The lowest BCUT2D eigenvalue weighted by molar-refractivity contribution is -0.155. The molecule has 0 aliphatic carbocycles. The van der Waals surface area contributed by atoms with Gasteiger partial charge in [-0.15, -0.1) is 11.3 Å². The number of thiazole rings is 1. The number of aromatic nitrogens is 2. The summed E-state index contributed by atoms with van der Waals surface area (Å²) in [5.41, 5.74) is 1.29. The van der Waals surface area contributed by atoms with Crippen molar-refractivity contribution in [2.75, 3.05) is 26.3 Å². The molecule has 0 bridgehead atoms. The van der Waals surface area contributed by atoms with Crippen LogP contribution in [0.2, 0.25) is 0 Å². The number of rotatable bonds is 6. The zero-order valence-electron chi connectivity index (χ0n) is 14.5. The lowest BCUT2D eigenvalue weighted by Crippen LogP contribution is -2.56. The van der Waals surface area contributed by atoms with Gasteiger partial charge in [-0.25, -0.2) is 4.98 Å². The summed E-state index contributed by atoms with van der Waals surface area (Å²) in [6.45, 7) is 5.35. The third-order valence-corrected chi connectivity index (χ3v) is 6.08. The van der Waals surface area contributed by atoms with Crippen LogP contribution < -0.4 is 0 Å². The summed E-state index contributed by atoms with van der Waals surface area (Å²) >= 11 is 1.74. The van der Waals surface area contributed by atoms with Gasteiger partial charge < -0.3 is 9.47 Å². The van der Waals surface area contributed by atoms with Gasteiger partial charge in [0.25, 0.3) is 0 Å². The largest absolute Gasteiger partial charge is 0.377 e. The second-order valence-electron chi connectivity index (χ2n) is 7.10. The SMILES string of the molecule is c1cc(COC[C@]23CCCO[C@H]2CCN(Cc2nccs2)C3)ccn1. The van der Waals surface area contributed by atoms with Gasteiger partial charge in [0.2, 0.25) is 0 Å². The van der Waals surface area contributed by atoms with Crippen molar-refractivity contribution >= 4 is 11.3 Å². The van der Waals surface area contributed by atoms with E-state index in [1.807, 2.05) is 30.7 Å². The molecule has 0 spiro atoms. The van der Waals surface area contributed by atoms with Crippen molar-refractivity contribution in [1.82, 2.24) is 14.9 Å². The molecule has 0 amide bonds. The molecule has 0 saturated carbocycles. The third kappa shape index (κ3) is 4.08. The van der Waals surface area contributed by atoms with Gasteiger partial charge in [0.05, 0.1) is 25.9 Å². The zero-order valence-corrected chi connectivity index (χ0v) is 15.3. The van der Waals surface area contributed by atoms with Crippen LogP contribution in [0.5, 0.6) is 0 Å². The molecule has 5 nitrogen and oxygen atoms in total. The molecule has 0 radical (unpaired) electrons. The Labute approximate surface area is 153 Å². The minimum atomic E-state index is 0.112. The fourth-order valence-electron chi connectivity index (χ4n) is 4.10. The Morgan fingerprint density at radius 3 is 3.08 bits per heavy atom. The van der Waals surface area contributed by atoms with Crippen molar-refractivity contribution in [3.05, 3.63) is 46.7 Å². The fraction of sp³-hybridized carbons (Fsp3) is 0.579. The van der Waals surface area contributed by atoms with E-state index in [4.69, 9.17) is 9.47 Å². The molecule has 6 heteroatoms. The van der Waals surface area contributed by atoms with Crippen molar-refractivity contribution in [3.63, 3.8) is 0 Å². The van der Waals surface area contributed by atoms with Crippen LogP contribution in [-0.4, -0.2) is 47.3 Å². The van der Waals surface area contributed by atoms with E-state index in [-0.39, 0.29) is 5.41 Å². The van der Waals surface area contributed by atoms with E-state index < -0.39 is 0 Å². The van der Waals surface area contributed by atoms with Crippen LogP contribution in [0.15, 0.2) is 36.1 Å². The molecule has 4 rings (SSSR count). The predicted molar refractivity (Wildman–Crippen MR) is 97.3 cm³/mol. The number of ether oxygens (including phenoxy) is 2. The number of hydrogen-bond acceptors (Lipinski definition) is 6. The van der Waals surface area contributed by atoms with E-state index in [0.717, 1.165) is 45.7 Å². The quantitative estimate of drug-likeness (QED) is 0.793. The molecule has 0 N–H and O–H groups in total. The highest BCUT2D eigenvalue weighted by Gasteiger charge is 2.46. The molecule has 2 fully saturated rings. The van der Waals surface area contributed by atoms with Crippen molar-refractivity contribution in [2.24, 2.45) is 5.41 Å². The molecular formula is C19H25N3O2S. The normalized spacial score (nSPS) is 27.1. The molecule has 0 aromatic carbocycles. The molecule has 25 heavy (non-hydrogen) atoms. The molecule has 2 aliphatic heterocycles. The van der Waals surface area contributed by atoms with Crippen LogP contribution in [0.3, 0.4) is 0 Å². The number of nitrogens with zero attached hydrogens (tertiary/aromatic N) is 3. The number of pyridine rings is 1. The smallest absolute Gasteiger partial charge is 0.107 e. The monoisotopic (exact) mass is 359 g/mol.